The molecule has 0 aliphatic rings. The normalized spacial score (nSPS) is 12.7. The van der Waals surface area contributed by atoms with Gasteiger partial charge in [0.25, 0.3) is 0 Å². The summed E-state index contributed by atoms with van der Waals surface area (Å²) in [5.41, 5.74) is 3.31. The molecule has 0 saturated carbocycles. The Morgan fingerprint density at radius 3 is 2.20 bits per heavy atom. The van der Waals surface area contributed by atoms with Gasteiger partial charge in [0.05, 0.1) is 6.42 Å². The van der Waals surface area contributed by atoms with Gasteiger partial charge < -0.3 is 10.4 Å². The van der Waals surface area contributed by atoms with E-state index >= 15 is 0 Å². The molecule has 2 aromatic rings. The number of benzene rings is 2. The van der Waals surface area contributed by atoms with Gasteiger partial charge in [0.15, 0.2) is 5.12 Å². The van der Waals surface area contributed by atoms with Crippen molar-refractivity contribution in [3.8, 4) is 11.1 Å². The van der Waals surface area contributed by atoms with Crippen LogP contribution in [0.25, 0.3) is 11.1 Å². The molecule has 0 fully saturated rings. The maximum absolute atomic E-state index is 12.2. The molecule has 0 saturated heterocycles. The average Bonchev–Trinajstić information content (AvgIpc) is 2.73. The van der Waals surface area contributed by atoms with Crippen molar-refractivity contribution in [2.24, 2.45) is 5.92 Å². The molecule has 2 unspecified atom stereocenters. The van der Waals surface area contributed by atoms with Crippen molar-refractivity contribution in [1.82, 2.24) is 5.32 Å². The second-order valence-electron chi connectivity index (χ2n) is 7.31. The molecule has 5 nitrogen and oxygen atoms in total. The molecule has 2 N–H and O–H groups in total. The lowest BCUT2D eigenvalue weighted by molar-refractivity contribution is -0.138. The number of thioether (sulfide) groups is 1. The third-order valence-corrected chi connectivity index (χ3v) is 5.78. The standard InChI is InChI=1S/C24H29NO4S/c1-3-30-24(29)17(2)15-21(25-22(26)13-14-23(27)28)16-18-9-11-20(12-10-18)19-7-5-4-6-8-19/h4-12,17,21H,3,13-16H2,1-2H3,(H,25,26)(H,27,28). The summed E-state index contributed by atoms with van der Waals surface area (Å²) in [5.74, 6) is -0.768. The van der Waals surface area contributed by atoms with Crippen LogP contribution in [0.15, 0.2) is 54.6 Å². The number of rotatable bonds is 11. The third-order valence-electron chi connectivity index (χ3n) is 4.80. The number of amides is 1. The van der Waals surface area contributed by atoms with Crippen LogP contribution in [0.2, 0.25) is 0 Å². The summed E-state index contributed by atoms with van der Waals surface area (Å²) in [6.45, 7) is 3.81. The van der Waals surface area contributed by atoms with E-state index in [1.54, 1.807) is 0 Å². The minimum Gasteiger partial charge on any atom is -0.481 e. The Labute approximate surface area is 182 Å². The van der Waals surface area contributed by atoms with Crippen LogP contribution >= 0.6 is 11.8 Å². The summed E-state index contributed by atoms with van der Waals surface area (Å²) in [4.78, 5) is 35.1. The lowest BCUT2D eigenvalue weighted by Crippen LogP contribution is -2.38. The van der Waals surface area contributed by atoms with Gasteiger partial charge in [-0.25, -0.2) is 0 Å². The molecule has 0 aromatic heterocycles. The summed E-state index contributed by atoms with van der Waals surface area (Å²) < 4.78 is 0. The van der Waals surface area contributed by atoms with Crippen LogP contribution in [0, 0.1) is 5.92 Å². The Balaban J connectivity index is 2.07. The van der Waals surface area contributed by atoms with Gasteiger partial charge in [0, 0.05) is 18.4 Å². The van der Waals surface area contributed by atoms with Gasteiger partial charge >= 0.3 is 5.97 Å². The highest BCUT2D eigenvalue weighted by molar-refractivity contribution is 8.13. The zero-order valence-corrected chi connectivity index (χ0v) is 18.3. The fraction of sp³-hybridized carbons (Fsp3) is 0.375. The number of carboxylic acids is 1. The fourth-order valence-corrected chi connectivity index (χ4v) is 3.93. The number of aliphatic carboxylic acids is 1. The molecule has 160 valence electrons. The Morgan fingerprint density at radius 2 is 1.60 bits per heavy atom. The first-order valence-corrected chi connectivity index (χ1v) is 11.2. The molecular weight excluding hydrogens is 398 g/mol. The molecule has 6 heteroatoms. The molecule has 0 heterocycles. The highest BCUT2D eigenvalue weighted by atomic mass is 32.2. The maximum atomic E-state index is 12.2. The van der Waals surface area contributed by atoms with Crippen LogP contribution < -0.4 is 5.32 Å². The van der Waals surface area contributed by atoms with E-state index in [0.29, 0.717) is 12.8 Å². The summed E-state index contributed by atoms with van der Waals surface area (Å²) in [7, 11) is 0. The van der Waals surface area contributed by atoms with Crippen molar-refractivity contribution >= 4 is 28.8 Å². The molecule has 2 aromatic carbocycles. The van der Waals surface area contributed by atoms with Crippen LogP contribution in [0.3, 0.4) is 0 Å². The molecule has 30 heavy (non-hydrogen) atoms. The van der Waals surface area contributed by atoms with Gasteiger partial charge in [-0.15, -0.1) is 0 Å². The molecule has 0 spiro atoms. The fourth-order valence-electron chi connectivity index (χ4n) is 3.27. The molecule has 0 bridgehead atoms. The third kappa shape index (κ3) is 8.03. The van der Waals surface area contributed by atoms with Gasteiger partial charge in [-0.1, -0.05) is 80.2 Å². The first-order valence-electron chi connectivity index (χ1n) is 10.2. The van der Waals surface area contributed by atoms with Crippen molar-refractivity contribution in [2.45, 2.75) is 45.6 Å². The minimum atomic E-state index is -0.999. The van der Waals surface area contributed by atoms with Crippen LogP contribution in [-0.2, 0) is 20.8 Å². The van der Waals surface area contributed by atoms with Crippen LogP contribution in [0.4, 0.5) is 0 Å². The van der Waals surface area contributed by atoms with Crippen LogP contribution in [0.1, 0.15) is 38.7 Å². The predicted octanol–water partition coefficient (Wildman–Crippen LogP) is 4.55. The SMILES string of the molecule is CCSC(=O)C(C)CC(Cc1ccc(-c2ccccc2)cc1)NC(=O)CCC(=O)O. The zero-order chi connectivity index (χ0) is 21.9. The van der Waals surface area contributed by atoms with E-state index in [9.17, 15) is 14.4 Å². The van der Waals surface area contributed by atoms with Crippen LogP contribution in [0.5, 0.6) is 0 Å². The van der Waals surface area contributed by atoms with Gasteiger partial charge in [0.1, 0.15) is 0 Å². The summed E-state index contributed by atoms with van der Waals surface area (Å²) in [5, 5.41) is 11.8. The average molecular weight is 428 g/mol. The molecule has 2 atom stereocenters. The molecule has 0 aliphatic heterocycles. The maximum Gasteiger partial charge on any atom is 0.303 e. The molecule has 0 aliphatic carbocycles. The molecule has 1 amide bonds. The Kier molecular flexibility index (Phi) is 9.61. The number of hydrogen-bond donors (Lipinski definition) is 2. The number of carbonyl (C=O) groups is 3. The van der Waals surface area contributed by atoms with Gasteiger partial charge in [-0.3, -0.25) is 14.4 Å². The van der Waals surface area contributed by atoms with Crippen molar-refractivity contribution in [1.29, 1.82) is 0 Å². The summed E-state index contributed by atoms with van der Waals surface area (Å²) in [6.07, 6.45) is 0.836. The number of nitrogens with one attached hydrogen (secondary N) is 1. The Morgan fingerprint density at radius 1 is 0.967 bits per heavy atom. The highest BCUT2D eigenvalue weighted by Gasteiger charge is 2.21. The van der Waals surface area contributed by atoms with E-state index in [4.69, 9.17) is 5.11 Å². The van der Waals surface area contributed by atoms with Gasteiger partial charge in [0.2, 0.25) is 5.91 Å². The van der Waals surface area contributed by atoms with Crippen LogP contribution in [-0.4, -0.2) is 33.9 Å². The second-order valence-corrected chi connectivity index (χ2v) is 8.58. The van der Waals surface area contributed by atoms with Gasteiger partial charge in [-0.2, -0.15) is 0 Å². The topological polar surface area (TPSA) is 83.5 Å². The second kappa shape index (κ2) is 12.2. The van der Waals surface area contributed by atoms with E-state index in [1.807, 2.05) is 44.2 Å². The Hall–Kier alpha value is -2.60. The predicted molar refractivity (Wildman–Crippen MR) is 121 cm³/mol. The Bertz CT molecular complexity index is 836. The van der Waals surface area contributed by atoms with E-state index in [2.05, 4.69) is 29.6 Å². The molecular formula is C24H29NO4S. The first-order chi connectivity index (χ1) is 14.4. The monoisotopic (exact) mass is 427 g/mol. The van der Waals surface area contributed by atoms with E-state index in [1.165, 1.54) is 11.8 Å². The smallest absolute Gasteiger partial charge is 0.303 e. The van der Waals surface area contributed by atoms with Gasteiger partial charge in [-0.05, 0) is 35.3 Å². The molecule has 0 radical (unpaired) electrons. The van der Waals surface area contributed by atoms with E-state index in [0.717, 1.165) is 22.4 Å². The van der Waals surface area contributed by atoms with Crippen molar-refractivity contribution in [3.63, 3.8) is 0 Å². The van der Waals surface area contributed by atoms with Crippen molar-refractivity contribution in [2.75, 3.05) is 5.75 Å². The van der Waals surface area contributed by atoms with E-state index in [-0.39, 0.29) is 35.8 Å². The number of carbonyl (C=O) groups excluding carboxylic acids is 2. The minimum absolute atomic E-state index is 0.0647. The van der Waals surface area contributed by atoms with Crippen molar-refractivity contribution in [3.05, 3.63) is 60.2 Å². The van der Waals surface area contributed by atoms with E-state index < -0.39 is 5.97 Å². The highest BCUT2D eigenvalue weighted by Crippen LogP contribution is 2.22. The lowest BCUT2D eigenvalue weighted by atomic mass is 9.95. The lowest BCUT2D eigenvalue weighted by Gasteiger charge is -2.22. The molecule has 2 rings (SSSR count). The first kappa shape index (κ1) is 23.7. The quantitative estimate of drug-likeness (QED) is 0.550. The summed E-state index contributed by atoms with van der Waals surface area (Å²) in [6, 6.07) is 18.0. The zero-order valence-electron chi connectivity index (χ0n) is 17.5. The number of carboxylic acid groups (broad SMARTS) is 1. The largest absolute Gasteiger partial charge is 0.481 e. The number of hydrogen-bond acceptors (Lipinski definition) is 4. The summed E-state index contributed by atoms with van der Waals surface area (Å²) >= 11 is 1.29. The van der Waals surface area contributed by atoms with Crippen molar-refractivity contribution < 1.29 is 19.5 Å².